The molecule has 0 bridgehead atoms. The highest BCUT2D eigenvalue weighted by atomic mass is 16.5. The van der Waals surface area contributed by atoms with Crippen molar-refractivity contribution >= 4 is 11.9 Å². The van der Waals surface area contributed by atoms with Crippen LogP contribution < -0.4 is 0 Å². The molecule has 0 saturated carbocycles. The lowest BCUT2D eigenvalue weighted by Crippen LogP contribution is -2.23. The molecule has 0 radical (unpaired) electrons. The van der Waals surface area contributed by atoms with E-state index in [2.05, 4.69) is 9.47 Å². The molecule has 1 aromatic carbocycles. The number of esters is 2. The highest BCUT2D eigenvalue weighted by Gasteiger charge is 2.24. The van der Waals surface area contributed by atoms with Crippen LogP contribution in [-0.2, 0) is 14.3 Å². The Hall–Kier alpha value is -1.92. The maximum atomic E-state index is 11.5. The average Bonchev–Trinajstić information content (AvgIpc) is 2.45. The zero-order valence-electron chi connectivity index (χ0n) is 11.6. The maximum Gasteiger partial charge on any atom is 0.337 e. The van der Waals surface area contributed by atoms with Crippen molar-refractivity contribution in [1.82, 2.24) is 0 Å². The zero-order chi connectivity index (χ0) is 15.3. The molecule has 110 valence electrons. The molecule has 0 fully saturated rings. The van der Waals surface area contributed by atoms with E-state index in [1.54, 1.807) is 19.1 Å². The van der Waals surface area contributed by atoms with Gasteiger partial charge in [0, 0.05) is 0 Å². The van der Waals surface area contributed by atoms with Crippen molar-refractivity contribution in [2.45, 2.75) is 25.6 Å². The van der Waals surface area contributed by atoms with Crippen LogP contribution in [0.4, 0.5) is 0 Å². The molecular weight excluding hydrogens is 264 g/mol. The summed E-state index contributed by atoms with van der Waals surface area (Å²) in [7, 11) is 2.45. The standard InChI is InChI=1S/C14H18O6/c1-8-4-5-9(14(18)20-3)6-10(8)13(17)11(15)7-12(16)19-2/h4-6,11,13,15,17H,7H2,1-3H3. The van der Waals surface area contributed by atoms with Crippen LogP contribution in [0, 0.1) is 6.92 Å². The molecule has 20 heavy (non-hydrogen) atoms. The van der Waals surface area contributed by atoms with E-state index in [-0.39, 0.29) is 12.0 Å². The van der Waals surface area contributed by atoms with E-state index in [0.717, 1.165) is 0 Å². The Balaban J connectivity index is 2.99. The summed E-state index contributed by atoms with van der Waals surface area (Å²) >= 11 is 0. The topological polar surface area (TPSA) is 93.1 Å². The van der Waals surface area contributed by atoms with Gasteiger partial charge in [0.1, 0.15) is 6.10 Å². The molecule has 2 atom stereocenters. The van der Waals surface area contributed by atoms with E-state index in [1.807, 2.05) is 0 Å². The third-order valence-corrected chi connectivity index (χ3v) is 2.99. The molecule has 0 aliphatic carbocycles. The van der Waals surface area contributed by atoms with Crippen LogP contribution in [0.15, 0.2) is 18.2 Å². The van der Waals surface area contributed by atoms with Crippen molar-refractivity contribution in [1.29, 1.82) is 0 Å². The fraction of sp³-hybridized carbons (Fsp3) is 0.429. The number of rotatable bonds is 5. The number of methoxy groups -OCH3 is 2. The number of aryl methyl sites for hydroxylation is 1. The average molecular weight is 282 g/mol. The van der Waals surface area contributed by atoms with Crippen LogP contribution in [0.1, 0.15) is 34.0 Å². The molecule has 6 heteroatoms. The number of carbonyl (C=O) groups is 2. The van der Waals surface area contributed by atoms with Gasteiger partial charge >= 0.3 is 11.9 Å². The summed E-state index contributed by atoms with van der Waals surface area (Å²) in [5.74, 6) is -1.17. The van der Waals surface area contributed by atoms with Crippen LogP contribution in [-0.4, -0.2) is 42.5 Å². The predicted molar refractivity (Wildman–Crippen MR) is 70.1 cm³/mol. The lowest BCUT2D eigenvalue weighted by Gasteiger charge is -2.19. The summed E-state index contributed by atoms with van der Waals surface area (Å²) in [5, 5.41) is 19.9. The smallest absolute Gasteiger partial charge is 0.337 e. The van der Waals surface area contributed by atoms with E-state index in [1.165, 1.54) is 20.3 Å². The van der Waals surface area contributed by atoms with Crippen molar-refractivity contribution in [3.8, 4) is 0 Å². The van der Waals surface area contributed by atoms with Gasteiger partial charge in [0.25, 0.3) is 0 Å². The summed E-state index contributed by atoms with van der Waals surface area (Å²) in [5.41, 5.74) is 1.32. The first-order valence-corrected chi connectivity index (χ1v) is 6.02. The van der Waals surface area contributed by atoms with Crippen molar-refractivity contribution in [2.75, 3.05) is 14.2 Å². The van der Waals surface area contributed by atoms with Gasteiger partial charge in [-0.1, -0.05) is 6.07 Å². The lowest BCUT2D eigenvalue weighted by atomic mass is 9.96. The van der Waals surface area contributed by atoms with E-state index < -0.39 is 24.1 Å². The molecule has 0 amide bonds. The van der Waals surface area contributed by atoms with E-state index >= 15 is 0 Å². The van der Waals surface area contributed by atoms with Gasteiger partial charge < -0.3 is 19.7 Å². The summed E-state index contributed by atoms with van der Waals surface area (Å²) in [6.07, 6.45) is -2.94. The molecule has 0 aromatic heterocycles. The van der Waals surface area contributed by atoms with Crippen molar-refractivity contribution < 1.29 is 29.3 Å². The minimum Gasteiger partial charge on any atom is -0.469 e. The molecule has 0 saturated heterocycles. The molecule has 0 spiro atoms. The van der Waals surface area contributed by atoms with Crippen LogP contribution in [0.25, 0.3) is 0 Å². The Kier molecular flexibility index (Phi) is 5.66. The zero-order valence-corrected chi connectivity index (χ0v) is 11.6. The van der Waals surface area contributed by atoms with Gasteiger partial charge in [-0.15, -0.1) is 0 Å². The van der Waals surface area contributed by atoms with Gasteiger partial charge in [-0.3, -0.25) is 4.79 Å². The number of aliphatic hydroxyl groups excluding tert-OH is 2. The molecule has 1 aromatic rings. The molecule has 0 heterocycles. The summed E-state index contributed by atoms with van der Waals surface area (Å²) in [6.45, 7) is 1.73. The van der Waals surface area contributed by atoms with Crippen LogP contribution in [0.2, 0.25) is 0 Å². The second-order valence-corrected chi connectivity index (χ2v) is 4.36. The number of ether oxygens (including phenoxy) is 2. The van der Waals surface area contributed by atoms with Crippen molar-refractivity contribution in [3.05, 3.63) is 34.9 Å². The Bertz CT molecular complexity index is 496. The van der Waals surface area contributed by atoms with Crippen LogP contribution in [0.3, 0.4) is 0 Å². The van der Waals surface area contributed by atoms with Gasteiger partial charge in [0.2, 0.25) is 0 Å². The lowest BCUT2D eigenvalue weighted by molar-refractivity contribution is -0.144. The number of benzene rings is 1. The second-order valence-electron chi connectivity index (χ2n) is 4.36. The Labute approximate surface area is 116 Å². The third-order valence-electron chi connectivity index (χ3n) is 2.99. The van der Waals surface area contributed by atoms with E-state index in [0.29, 0.717) is 11.1 Å². The number of aliphatic hydroxyl groups is 2. The second kappa shape index (κ2) is 7.02. The highest BCUT2D eigenvalue weighted by molar-refractivity contribution is 5.89. The molecular formula is C14H18O6. The monoisotopic (exact) mass is 282 g/mol. The minimum absolute atomic E-state index is 0.261. The largest absolute Gasteiger partial charge is 0.469 e. The highest BCUT2D eigenvalue weighted by Crippen LogP contribution is 2.24. The molecule has 0 aliphatic heterocycles. The van der Waals surface area contributed by atoms with Crippen molar-refractivity contribution in [3.63, 3.8) is 0 Å². The Morgan fingerprint density at radius 3 is 2.40 bits per heavy atom. The summed E-state index contributed by atoms with van der Waals surface area (Å²) < 4.78 is 9.03. The SMILES string of the molecule is COC(=O)CC(O)C(O)c1cc(C(=O)OC)ccc1C. The fourth-order valence-corrected chi connectivity index (χ4v) is 1.78. The molecule has 1 rings (SSSR count). The van der Waals surface area contributed by atoms with E-state index in [4.69, 9.17) is 0 Å². The van der Waals surface area contributed by atoms with E-state index in [9.17, 15) is 19.8 Å². The fourth-order valence-electron chi connectivity index (χ4n) is 1.78. The van der Waals surface area contributed by atoms with Gasteiger partial charge in [0.15, 0.2) is 0 Å². The molecule has 2 N–H and O–H groups in total. The molecule has 6 nitrogen and oxygen atoms in total. The first-order chi connectivity index (χ1) is 9.40. The van der Waals surface area contributed by atoms with Gasteiger partial charge in [-0.2, -0.15) is 0 Å². The molecule has 2 unspecified atom stereocenters. The summed E-state index contributed by atoms with van der Waals surface area (Å²) in [4.78, 5) is 22.5. The normalized spacial score (nSPS) is 13.4. The first kappa shape index (κ1) is 16.1. The minimum atomic E-state index is -1.31. The number of hydrogen-bond acceptors (Lipinski definition) is 6. The van der Waals surface area contributed by atoms with Gasteiger partial charge in [-0.25, -0.2) is 4.79 Å². The number of hydrogen-bond donors (Lipinski definition) is 2. The summed E-state index contributed by atoms with van der Waals surface area (Å²) in [6, 6.07) is 4.63. The molecule has 0 aliphatic rings. The third kappa shape index (κ3) is 3.79. The first-order valence-electron chi connectivity index (χ1n) is 6.02. The number of carbonyl (C=O) groups excluding carboxylic acids is 2. The van der Waals surface area contributed by atoms with Crippen LogP contribution in [0.5, 0.6) is 0 Å². The predicted octanol–water partition coefficient (Wildman–Crippen LogP) is 0.739. The Morgan fingerprint density at radius 2 is 1.85 bits per heavy atom. The van der Waals surface area contributed by atoms with Gasteiger partial charge in [-0.05, 0) is 30.2 Å². The quantitative estimate of drug-likeness (QED) is 0.774. The maximum absolute atomic E-state index is 11.5. The van der Waals surface area contributed by atoms with Gasteiger partial charge in [0.05, 0.1) is 32.3 Å². The Morgan fingerprint density at radius 1 is 1.20 bits per heavy atom. The van der Waals surface area contributed by atoms with Crippen LogP contribution >= 0.6 is 0 Å². The van der Waals surface area contributed by atoms with Crippen molar-refractivity contribution in [2.24, 2.45) is 0 Å².